The number of hydrogen-bond acceptors (Lipinski definition) is 1. The zero-order valence-electron chi connectivity index (χ0n) is 10.4. The zero-order valence-corrected chi connectivity index (χ0v) is 10.4. The molecular formula is C15H22N2. The maximum Gasteiger partial charge on any atom is 0.0561 e. The van der Waals surface area contributed by atoms with Gasteiger partial charge in [0.25, 0.3) is 0 Å². The molecule has 3 atom stereocenters. The Labute approximate surface area is 104 Å². The van der Waals surface area contributed by atoms with E-state index in [4.69, 9.17) is 4.99 Å². The minimum Gasteiger partial charge on any atom is -0.360 e. The summed E-state index contributed by atoms with van der Waals surface area (Å²) in [5, 5.41) is 0. The van der Waals surface area contributed by atoms with Crippen LogP contribution in [-0.2, 0) is 0 Å². The van der Waals surface area contributed by atoms with Crippen molar-refractivity contribution in [3.05, 3.63) is 24.0 Å². The van der Waals surface area contributed by atoms with Crippen LogP contribution in [-0.4, -0.2) is 17.2 Å². The summed E-state index contributed by atoms with van der Waals surface area (Å²) in [6.07, 6.45) is 13.9. The smallest absolute Gasteiger partial charge is 0.0561 e. The minimum atomic E-state index is 0.595. The summed E-state index contributed by atoms with van der Waals surface area (Å²) in [5.74, 6) is 1.85. The lowest BCUT2D eigenvalue weighted by Crippen LogP contribution is -2.33. The molecule has 2 aliphatic rings. The molecule has 17 heavy (non-hydrogen) atoms. The largest absolute Gasteiger partial charge is 0.360 e. The number of nitrogens with one attached hydrogen (secondary N) is 1. The van der Waals surface area contributed by atoms with E-state index in [1.807, 2.05) is 18.5 Å². The highest BCUT2D eigenvalue weighted by atomic mass is 14.8. The summed E-state index contributed by atoms with van der Waals surface area (Å²) in [5.41, 5.74) is 1.14. The van der Waals surface area contributed by atoms with E-state index in [1.165, 1.54) is 44.9 Å². The monoisotopic (exact) mass is 230 g/mol. The average molecular weight is 230 g/mol. The third-order valence-corrected chi connectivity index (χ3v) is 4.56. The Morgan fingerprint density at radius 1 is 1.12 bits per heavy atom. The molecule has 0 aliphatic heterocycles. The minimum absolute atomic E-state index is 0.595. The summed E-state index contributed by atoms with van der Waals surface area (Å²) < 4.78 is 0. The summed E-state index contributed by atoms with van der Waals surface area (Å²) in [7, 11) is 0. The molecule has 3 rings (SSSR count). The van der Waals surface area contributed by atoms with E-state index in [1.54, 1.807) is 0 Å². The molecule has 0 amide bonds. The molecule has 0 aromatic carbocycles. The number of fused-ring (bicyclic) bond motifs is 1. The summed E-state index contributed by atoms with van der Waals surface area (Å²) in [4.78, 5) is 8.05. The molecule has 2 aliphatic carbocycles. The molecular weight excluding hydrogens is 208 g/mol. The molecule has 1 heterocycles. The Hall–Kier alpha value is -1.05. The van der Waals surface area contributed by atoms with Crippen molar-refractivity contribution in [1.29, 1.82) is 0 Å². The first kappa shape index (κ1) is 11.1. The standard InChI is InChI=1S/C15H22N2/c1-2-8-14-12(5-1)6-3-9-15(14)17-11-13-7-4-10-16-13/h4,7,10-12,14-16H,1-3,5-6,8-9H2. The van der Waals surface area contributed by atoms with Crippen molar-refractivity contribution in [2.45, 2.75) is 51.0 Å². The Bertz CT molecular complexity index is 364. The molecule has 1 N–H and O–H groups in total. The summed E-state index contributed by atoms with van der Waals surface area (Å²) in [6.45, 7) is 0. The SMILES string of the molecule is C(=NC1CCCC2CCCCC21)c1ccc[nH]1. The first-order valence-corrected chi connectivity index (χ1v) is 7.10. The Morgan fingerprint density at radius 3 is 2.88 bits per heavy atom. The van der Waals surface area contributed by atoms with Gasteiger partial charge in [-0.15, -0.1) is 0 Å². The fourth-order valence-corrected chi connectivity index (χ4v) is 3.69. The predicted molar refractivity (Wildman–Crippen MR) is 71.5 cm³/mol. The Morgan fingerprint density at radius 2 is 2.00 bits per heavy atom. The fourth-order valence-electron chi connectivity index (χ4n) is 3.69. The van der Waals surface area contributed by atoms with Gasteiger partial charge in [-0.05, 0) is 36.8 Å². The number of hydrogen-bond donors (Lipinski definition) is 1. The maximum atomic E-state index is 4.85. The van der Waals surface area contributed by atoms with E-state index in [0.29, 0.717) is 6.04 Å². The van der Waals surface area contributed by atoms with Crippen molar-refractivity contribution in [1.82, 2.24) is 4.98 Å². The van der Waals surface area contributed by atoms with Crippen LogP contribution in [0.15, 0.2) is 23.3 Å². The first-order valence-electron chi connectivity index (χ1n) is 7.10. The second-order valence-corrected chi connectivity index (χ2v) is 5.61. The van der Waals surface area contributed by atoms with E-state index < -0.39 is 0 Å². The fraction of sp³-hybridized carbons (Fsp3) is 0.667. The van der Waals surface area contributed by atoms with Crippen molar-refractivity contribution in [2.24, 2.45) is 16.8 Å². The molecule has 2 saturated carbocycles. The quantitative estimate of drug-likeness (QED) is 0.749. The second kappa shape index (κ2) is 5.07. The zero-order chi connectivity index (χ0) is 11.5. The van der Waals surface area contributed by atoms with Gasteiger partial charge in [0.2, 0.25) is 0 Å². The van der Waals surface area contributed by atoms with Gasteiger partial charge in [-0.25, -0.2) is 0 Å². The van der Waals surface area contributed by atoms with Gasteiger partial charge in [0.15, 0.2) is 0 Å². The molecule has 0 radical (unpaired) electrons. The van der Waals surface area contributed by atoms with Gasteiger partial charge in [-0.3, -0.25) is 4.99 Å². The van der Waals surface area contributed by atoms with Crippen LogP contribution in [0.2, 0.25) is 0 Å². The second-order valence-electron chi connectivity index (χ2n) is 5.61. The topological polar surface area (TPSA) is 28.1 Å². The lowest BCUT2D eigenvalue weighted by Gasteiger charge is -2.39. The Balaban J connectivity index is 1.69. The normalized spacial score (nSPS) is 33.8. The lowest BCUT2D eigenvalue weighted by atomic mass is 9.68. The number of rotatable bonds is 2. The number of nitrogens with zero attached hydrogens (tertiary/aromatic N) is 1. The van der Waals surface area contributed by atoms with Gasteiger partial charge in [-0.2, -0.15) is 0 Å². The van der Waals surface area contributed by atoms with E-state index in [2.05, 4.69) is 11.1 Å². The van der Waals surface area contributed by atoms with Gasteiger partial charge in [0, 0.05) is 12.4 Å². The molecule has 92 valence electrons. The third kappa shape index (κ3) is 2.46. The molecule has 1 aromatic rings. The van der Waals surface area contributed by atoms with Crippen LogP contribution >= 0.6 is 0 Å². The average Bonchev–Trinajstić information content (AvgIpc) is 2.89. The van der Waals surface area contributed by atoms with Crippen LogP contribution in [0.4, 0.5) is 0 Å². The molecule has 1 aromatic heterocycles. The van der Waals surface area contributed by atoms with Crippen LogP contribution in [0.3, 0.4) is 0 Å². The van der Waals surface area contributed by atoms with E-state index in [0.717, 1.165) is 17.5 Å². The van der Waals surface area contributed by atoms with Gasteiger partial charge < -0.3 is 4.98 Å². The molecule has 2 heteroatoms. The van der Waals surface area contributed by atoms with Gasteiger partial charge in [-0.1, -0.05) is 32.1 Å². The number of aliphatic imine (C=N–C) groups is 1. The van der Waals surface area contributed by atoms with Crippen molar-refractivity contribution in [3.63, 3.8) is 0 Å². The van der Waals surface area contributed by atoms with Crippen LogP contribution in [0.1, 0.15) is 50.6 Å². The highest BCUT2D eigenvalue weighted by Crippen LogP contribution is 2.41. The Kier molecular flexibility index (Phi) is 3.30. The molecule has 0 saturated heterocycles. The van der Waals surface area contributed by atoms with E-state index in [9.17, 15) is 0 Å². The highest BCUT2D eigenvalue weighted by Gasteiger charge is 2.34. The highest BCUT2D eigenvalue weighted by molar-refractivity contribution is 5.77. The summed E-state index contributed by atoms with van der Waals surface area (Å²) in [6, 6.07) is 4.72. The van der Waals surface area contributed by atoms with Crippen LogP contribution in [0.25, 0.3) is 0 Å². The van der Waals surface area contributed by atoms with Crippen molar-refractivity contribution < 1.29 is 0 Å². The van der Waals surface area contributed by atoms with E-state index in [-0.39, 0.29) is 0 Å². The van der Waals surface area contributed by atoms with Crippen molar-refractivity contribution in [2.75, 3.05) is 0 Å². The van der Waals surface area contributed by atoms with Gasteiger partial charge in [0.05, 0.1) is 11.7 Å². The van der Waals surface area contributed by atoms with Crippen molar-refractivity contribution in [3.8, 4) is 0 Å². The summed E-state index contributed by atoms with van der Waals surface area (Å²) >= 11 is 0. The van der Waals surface area contributed by atoms with Crippen LogP contribution in [0.5, 0.6) is 0 Å². The number of H-pyrrole nitrogens is 1. The maximum absolute atomic E-state index is 4.85. The van der Waals surface area contributed by atoms with Gasteiger partial charge in [0.1, 0.15) is 0 Å². The number of aromatic amines is 1. The third-order valence-electron chi connectivity index (χ3n) is 4.56. The molecule has 2 fully saturated rings. The molecule has 2 nitrogen and oxygen atoms in total. The van der Waals surface area contributed by atoms with Crippen molar-refractivity contribution >= 4 is 6.21 Å². The van der Waals surface area contributed by atoms with Crippen LogP contribution < -0.4 is 0 Å². The molecule has 3 unspecified atom stereocenters. The predicted octanol–water partition coefficient (Wildman–Crippen LogP) is 3.79. The number of aromatic nitrogens is 1. The van der Waals surface area contributed by atoms with Crippen LogP contribution in [0, 0.1) is 11.8 Å². The lowest BCUT2D eigenvalue weighted by molar-refractivity contribution is 0.148. The van der Waals surface area contributed by atoms with Gasteiger partial charge >= 0.3 is 0 Å². The molecule has 0 spiro atoms. The van der Waals surface area contributed by atoms with E-state index >= 15 is 0 Å². The molecule has 0 bridgehead atoms. The first-order chi connectivity index (χ1) is 8.43.